The summed E-state index contributed by atoms with van der Waals surface area (Å²) in [6, 6.07) is 19.7. The van der Waals surface area contributed by atoms with E-state index >= 15 is 0 Å². The molecule has 0 bridgehead atoms. The van der Waals surface area contributed by atoms with Gasteiger partial charge in [-0.3, -0.25) is 4.84 Å². The smallest absolute Gasteiger partial charge is 0.306 e. The van der Waals surface area contributed by atoms with Crippen molar-refractivity contribution < 1.29 is 9.63 Å². The first-order valence-corrected chi connectivity index (χ1v) is 10.0. The number of imidazole rings is 1. The predicted molar refractivity (Wildman–Crippen MR) is 116 cm³/mol. The Balaban J connectivity index is 1.40. The molecule has 4 aromatic rings. The number of hydrogen-bond acceptors (Lipinski definition) is 3. The van der Waals surface area contributed by atoms with Crippen molar-refractivity contribution in [3.8, 4) is 11.1 Å². The maximum Gasteiger partial charge on any atom is 0.346 e. The molecular weight excluding hydrogens is 376 g/mol. The maximum atomic E-state index is 13.0. The molecule has 1 fully saturated rings. The number of anilines is 1. The molecule has 3 heterocycles. The van der Waals surface area contributed by atoms with Gasteiger partial charge in [0, 0.05) is 30.7 Å². The van der Waals surface area contributed by atoms with Crippen LogP contribution >= 0.6 is 0 Å². The Labute approximate surface area is 174 Å². The van der Waals surface area contributed by atoms with Crippen LogP contribution in [0.5, 0.6) is 0 Å². The largest absolute Gasteiger partial charge is 0.346 e. The molecular formula is C24H22N4O2. The molecule has 30 heavy (non-hydrogen) atoms. The summed E-state index contributed by atoms with van der Waals surface area (Å²) in [7, 11) is 0. The first-order valence-electron chi connectivity index (χ1n) is 10.0. The van der Waals surface area contributed by atoms with Gasteiger partial charge in [0.25, 0.3) is 0 Å². The van der Waals surface area contributed by atoms with Crippen LogP contribution in [-0.2, 0) is 4.84 Å². The average molecular weight is 398 g/mol. The van der Waals surface area contributed by atoms with Crippen molar-refractivity contribution in [3.05, 3.63) is 90.4 Å². The Morgan fingerprint density at radius 1 is 1.10 bits per heavy atom. The average Bonchev–Trinajstić information content (AvgIpc) is 3.45. The van der Waals surface area contributed by atoms with E-state index in [-0.39, 0.29) is 12.1 Å². The third kappa shape index (κ3) is 3.42. The van der Waals surface area contributed by atoms with E-state index in [1.807, 2.05) is 78.3 Å². The summed E-state index contributed by atoms with van der Waals surface area (Å²) in [6.45, 7) is 2.51. The van der Waals surface area contributed by atoms with Crippen molar-refractivity contribution in [2.24, 2.45) is 0 Å². The number of aromatic nitrogens is 2. The van der Waals surface area contributed by atoms with E-state index in [9.17, 15) is 4.79 Å². The van der Waals surface area contributed by atoms with Gasteiger partial charge in [-0.05, 0) is 47.4 Å². The highest BCUT2D eigenvalue weighted by Crippen LogP contribution is 2.32. The van der Waals surface area contributed by atoms with E-state index < -0.39 is 0 Å². The molecule has 2 aromatic heterocycles. The first-order chi connectivity index (χ1) is 14.7. The van der Waals surface area contributed by atoms with Crippen molar-refractivity contribution in [1.82, 2.24) is 14.4 Å². The molecule has 0 radical (unpaired) electrons. The molecule has 6 heteroatoms. The van der Waals surface area contributed by atoms with E-state index in [2.05, 4.69) is 16.4 Å². The number of carbonyl (C=O) groups is 1. The Morgan fingerprint density at radius 3 is 2.80 bits per heavy atom. The normalized spacial score (nSPS) is 16.2. The van der Waals surface area contributed by atoms with Crippen molar-refractivity contribution >= 4 is 17.4 Å². The third-order valence-electron chi connectivity index (χ3n) is 5.49. The fourth-order valence-electron chi connectivity index (χ4n) is 3.84. The number of amides is 2. The van der Waals surface area contributed by atoms with Gasteiger partial charge in [-0.1, -0.05) is 42.5 Å². The Morgan fingerprint density at radius 2 is 1.93 bits per heavy atom. The third-order valence-corrected chi connectivity index (χ3v) is 5.49. The lowest BCUT2D eigenvalue weighted by Crippen LogP contribution is -2.33. The molecule has 0 saturated carbocycles. The van der Waals surface area contributed by atoms with Gasteiger partial charge in [0.2, 0.25) is 0 Å². The van der Waals surface area contributed by atoms with Gasteiger partial charge in [-0.15, -0.1) is 0 Å². The van der Waals surface area contributed by atoms with Gasteiger partial charge in [0.05, 0.1) is 12.6 Å². The summed E-state index contributed by atoms with van der Waals surface area (Å²) >= 11 is 0. The zero-order chi connectivity index (χ0) is 20.5. The van der Waals surface area contributed by atoms with E-state index in [0.29, 0.717) is 6.61 Å². The standard InChI is InChI=1S/C24H22N4O2/c1-17-7-8-19(20-9-10-23-25-12-13-27(23)16-20)15-21(17)26-24(29)28-22(11-14-30-28)18-5-3-2-4-6-18/h2-10,12-13,15-16,22H,11,14H2,1H3,(H,26,29). The molecule has 0 spiro atoms. The number of fused-ring (bicyclic) bond motifs is 1. The lowest BCUT2D eigenvalue weighted by atomic mass is 10.0. The minimum atomic E-state index is -0.258. The van der Waals surface area contributed by atoms with Crippen molar-refractivity contribution in [2.75, 3.05) is 11.9 Å². The topological polar surface area (TPSA) is 58.9 Å². The second kappa shape index (κ2) is 7.65. The molecule has 1 aliphatic heterocycles. The zero-order valence-electron chi connectivity index (χ0n) is 16.7. The minimum absolute atomic E-state index is 0.0849. The van der Waals surface area contributed by atoms with Gasteiger partial charge in [0.15, 0.2) is 0 Å². The monoisotopic (exact) mass is 398 g/mol. The number of pyridine rings is 1. The fraction of sp³-hybridized carbons (Fsp3) is 0.167. The zero-order valence-corrected chi connectivity index (χ0v) is 16.7. The summed E-state index contributed by atoms with van der Waals surface area (Å²) in [5.74, 6) is 0. The quantitative estimate of drug-likeness (QED) is 0.515. The SMILES string of the molecule is Cc1ccc(-c2ccc3nccn3c2)cc1NC(=O)N1OCCC1c1ccccc1. The molecule has 2 aromatic carbocycles. The van der Waals surface area contributed by atoms with Crippen LogP contribution < -0.4 is 5.32 Å². The van der Waals surface area contributed by atoms with Crippen LogP contribution in [0.15, 0.2) is 79.3 Å². The molecule has 1 atom stereocenters. The number of carbonyl (C=O) groups excluding carboxylic acids is 1. The number of urea groups is 1. The van der Waals surface area contributed by atoms with Gasteiger partial charge in [-0.2, -0.15) is 5.06 Å². The van der Waals surface area contributed by atoms with Crippen LogP contribution in [0.25, 0.3) is 16.8 Å². The predicted octanol–water partition coefficient (Wildman–Crippen LogP) is 5.22. The number of hydrogen-bond donors (Lipinski definition) is 1. The molecule has 0 aliphatic carbocycles. The van der Waals surface area contributed by atoms with E-state index in [1.165, 1.54) is 5.06 Å². The molecule has 2 amide bonds. The summed E-state index contributed by atoms with van der Waals surface area (Å²) in [5.41, 5.74) is 5.81. The summed E-state index contributed by atoms with van der Waals surface area (Å²) < 4.78 is 1.98. The van der Waals surface area contributed by atoms with Gasteiger partial charge in [0.1, 0.15) is 5.65 Å². The van der Waals surface area contributed by atoms with E-state index in [1.54, 1.807) is 6.20 Å². The Bertz CT molecular complexity index is 1200. The van der Waals surface area contributed by atoms with Gasteiger partial charge in [-0.25, -0.2) is 9.78 Å². The molecule has 1 unspecified atom stereocenters. The highest BCUT2D eigenvalue weighted by molar-refractivity contribution is 5.91. The minimum Gasteiger partial charge on any atom is -0.306 e. The van der Waals surface area contributed by atoms with Crippen molar-refractivity contribution in [1.29, 1.82) is 0 Å². The van der Waals surface area contributed by atoms with Crippen LogP contribution in [0.3, 0.4) is 0 Å². The van der Waals surface area contributed by atoms with Crippen LogP contribution in [0, 0.1) is 6.92 Å². The lowest BCUT2D eigenvalue weighted by Gasteiger charge is -2.23. The highest BCUT2D eigenvalue weighted by atomic mass is 16.7. The van der Waals surface area contributed by atoms with Gasteiger partial charge >= 0.3 is 6.03 Å². The molecule has 1 aliphatic rings. The van der Waals surface area contributed by atoms with Crippen molar-refractivity contribution in [2.45, 2.75) is 19.4 Å². The van der Waals surface area contributed by atoms with Crippen LogP contribution in [0.1, 0.15) is 23.6 Å². The number of aryl methyl sites for hydroxylation is 1. The molecule has 150 valence electrons. The second-order valence-electron chi connectivity index (χ2n) is 7.44. The van der Waals surface area contributed by atoms with Crippen LogP contribution in [-0.4, -0.2) is 27.1 Å². The summed E-state index contributed by atoms with van der Waals surface area (Å²) in [5, 5.41) is 4.49. The summed E-state index contributed by atoms with van der Waals surface area (Å²) in [6.07, 6.45) is 6.51. The maximum absolute atomic E-state index is 13.0. The number of nitrogens with one attached hydrogen (secondary N) is 1. The Hall–Kier alpha value is -3.64. The Kier molecular flexibility index (Phi) is 4.69. The number of nitrogens with zero attached hydrogens (tertiary/aromatic N) is 3. The second-order valence-corrected chi connectivity index (χ2v) is 7.44. The molecule has 1 N–H and O–H groups in total. The lowest BCUT2D eigenvalue weighted by molar-refractivity contribution is -0.0829. The molecule has 1 saturated heterocycles. The summed E-state index contributed by atoms with van der Waals surface area (Å²) in [4.78, 5) is 23.0. The van der Waals surface area contributed by atoms with Crippen molar-refractivity contribution in [3.63, 3.8) is 0 Å². The van der Waals surface area contributed by atoms with Crippen LogP contribution in [0.4, 0.5) is 10.5 Å². The van der Waals surface area contributed by atoms with Gasteiger partial charge < -0.3 is 9.72 Å². The number of rotatable bonds is 3. The van der Waals surface area contributed by atoms with E-state index in [0.717, 1.165) is 40.0 Å². The molecule has 6 nitrogen and oxygen atoms in total. The number of hydroxylamine groups is 2. The van der Waals surface area contributed by atoms with E-state index in [4.69, 9.17) is 4.84 Å². The fourth-order valence-corrected chi connectivity index (χ4v) is 3.84. The van der Waals surface area contributed by atoms with Crippen LogP contribution in [0.2, 0.25) is 0 Å². The number of benzene rings is 2. The molecule has 5 rings (SSSR count). The first kappa shape index (κ1) is 18.4. The highest BCUT2D eigenvalue weighted by Gasteiger charge is 2.32.